The van der Waals surface area contributed by atoms with E-state index in [0.717, 1.165) is 5.69 Å². The third kappa shape index (κ3) is 3.10. The minimum absolute atomic E-state index is 0.202. The van der Waals surface area contributed by atoms with Gasteiger partial charge in [0.15, 0.2) is 11.2 Å². The standard InChI is InChI=1S/C19H22ClN5O4/c1-4-29-10-9-25-17(26)15-16(22(2)19(25)27)21-18-23(7-8-24(15)18)12-5-6-14(28-3)13(20)11-12/h5-6,11H,4,7-10H2,1-3H3. The molecule has 3 aromatic rings. The van der Waals surface area contributed by atoms with Crippen molar-refractivity contribution in [3.05, 3.63) is 44.1 Å². The number of halogens is 1. The SMILES string of the molecule is CCOCCn1c(=O)c2c(nc3n2CCN3c2ccc(OC)c(Cl)c2)n(C)c1=O. The van der Waals surface area contributed by atoms with Crippen LogP contribution in [0.1, 0.15) is 6.92 Å². The van der Waals surface area contributed by atoms with Crippen molar-refractivity contribution < 1.29 is 9.47 Å². The lowest BCUT2D eigenvalue weighted by molar-refractivity contribution is 0.137. The van der Waals surface area contributed by atoms with Crippen LogP contribution in [-0.4, -0.2) is 45.6 Å². The Kier molecular flexibility index (Phi) is 5.10. The van der Waals surface area contributed by atoms with E-state index in [1.807, 2.05) is 22.5 Å². The number of ether oxygens (including phenoxy) is 2. The van der Waals surface area contributed by atoms with Crippen LogP contribution >= 0.6 is 11.6 Å². The van der Waals surface area contributed by atoms with E-state index in [2.05, 4.69) is 4.98 Å². The van der Waals surface area contributed by atoms with E-state index in [1.165, 1.54) is 9.13 Å². The predicted octanol–water partition coefficient (Wildman–Crippen LogP) is 1.75. The Hall–Kier alpha value is -2.78. The largest absolute Gasteiger partial charge is 0.495 e. The van der Waals surface area contributed by atoms with E-state index in [4.69, 9.17) is 21.1 Å². The summed E-state index contributed by atoms with van der Waals surface area (Å²) in [6.45, 7) is 4.12. The number of anilines is 2. The second-order valence-electron chi connectivity index (χ2n) is 6.70. The van der Waals surface area contributed by atoms with E-state index in [0.29, 0.717) is 54.2 Å². The number of nitrogens with zero attached hydrogens (tertiary/aromatic N) is 5. The number of methoxy groups -OCH3 is 1. The average molecular weight is 420 g/mol. The quantitative estimate of drug-likeness (QED) is 0.566. The first-order valence-electron chi connectivity index (χ1n) is 9.36. The van der Waals surface area contributed by atoms with E-state index in [9.17, 15) is 9.59 Å². The number of aromatic nitrogens is 4. The molecule has 0 saturated heterocycles. The Morgan fingerprint density at radius 1 is 1.24 bits per heavy atom. The Labute approximate surface area is 171 Å². The topological polar surface area (TPSA) is 83.5 Å². The molecule has 2 aromatic heterocycles. The summed E-state index contributed by atoms with van der Waals surface area (Å²) in [6.07, 6.45) is 0. The smallest absolute Gasteiger partial charge is 0.332 e. The number of fused-ring (bicyclic) bond motifs is 3. The first-order valence-corrected chi connectivity index (χ1v) is 9.74. The molecule has 0 spiro atoms. The van der Waals surface area contributed by atoms with Crippen molar-refractivity contribution in [3.63, 3.8) is 0 Å². The van der Waals surface area contributed by atoms with Crippen LogP contribution in [0.4, 0.5) is 11.6 Å². The van der Waals surface area contributed by atoms with Crippen LogP contribution < -0.4 is 20.9 Å². The highest BCUT2D eigenvalue weighted by Crippen LogP contribution is 2.35. The molecule has 1 aliphatic heterocycles. The molecule has 0 fully saturated rings. The zero-order valence-corrected chi connectivity index (χ0v) is 17.3. The molecule has 0 radical (unpaired) electrons. The first kappa shape index (κ1) is 19.5. The van der Waals surface area contributed by atoms with Gasteiger partial charge in [-0.1, -0.05) is 11.6 Å². The number of aryl methyl sites for hydroxylation is 1. The third-order valence-electron chi connectivity index (χ3n) is 5.11. The van der Waals surface area contributed by atoms with Gasteiger partial charge in [0.05, 0.1) is 25.3 Å². The predicted molar refractivity (Wildman–Crippen MR) is 111 cm³/mol. The second-order valence-corrected chi connectivity index (χ2v) is 7.11. The van der Waals surface area contributed by atoms with Gasteiger partial charge in [0.25, 0.3) is 5.56 Å². The third-order valence-corrected chi connectivity index (χ3v) is 5.41. The van der Waals surface area contributed by atoms with Crippen molar-refractivity contribution >= 4 is 34.4 Å². The van der Waals surface area contributed by atoms with Crippen molar-refractivity contribution in [2.24, 2.45) is 7.05 Å². The second kappa shape index (κ2) is 7.57. The Bertz CT molecular complexity index is 1200. The maximum absolute atomic E-state index is 13.1. The summed E-state index contributed by atoms with van der Waals surface area (Å²) in [5.74, 6) is 1.19. The highest BCUT2D eigenvalue weighted by molar-refractivity contribution is 6.32. The van der Waals surface area contributed by atoms with Crippen LogP contribution in [0.5, 0.6) is 5.75 Å². The fraction of sp³-hybridized carbons (Fsp3) is 0.421. The molecule has 29 heavy (non-hydrogen) atoms. The molecule has 3 heterocycles. The van der Waals surface area contributed by atoms with E-state index >= 15 is 0 Å². The highest BCUT2D eigenvalue weighted by atomic mass is 35.5. The van der Waals surface area contributed by atoms with Gasteiger partial charge in [0.2, 0.25) is 5.95 Å². The summed E-state index contributed by atoms with van der Waals surface area (Å²) < 4.78 is 15.0. The number of hydrogen-bond donors (Lipinski definition) is 0. The monoisotopic (exact) mass is 419 g/mol. The lowest BCUT2D eigenvalue weighted by Gasteiger charge is -2.17. The van der Waals surface area contributed by atoms with Gasteiger partial charge in [0, 0.05) is 32.4 Å². The lowest BCUT2D eigenvalue weighted by atomic mass is 10.3. The summed E-state index contributed by atoms with van der Waals surface area (Å²) in [4.78, 5) is 32.3. The van der Waals surface area contributed by atoms with Gasteiger partial charge < -0.3 is 18.9 Å². The van der Waals surface area contributed by atoms with E-state index in [-0.39, 0.29) is 12.1 Å². The summed E-state index contributed by atoms with van der Waals surface area (Å²) in [7, 11) is 3.19. The van der Waals surface area contributed by atoms with E-state index < -0.39 is 5.69 Å². The van der Waals surface area contributed by atoms with Crippen LogP contribution in [0.2, 0.25) is 5.02 Å². The molecular formula is C19H22ClN5O4. The van der Waals surface area contributed by atoms with Gasteiger partial charge in [-0.3, -0.25) is 13.9 Å². The van der Waals surface area contributed by atoms with Crippen molar-refractivity contribution in [1.29, 1.82) is 0 Å². The maximum atomic E-state index is 13.1. The fourth-order valence-electron chi connectivity index (χ4n) is 3.64. The van der Waals surface area contributed by atoms with Gasteiger partial charge >= 0.3 is 5.69 Å². The Morgan fingerprint density at radius 3 is 2.72 bits per heavy atom. The minimum Gasteiger partial charge on any atom is -0.495 e. The molecule has 0 N–H and O–H groups in total. The van der Waals surface area contributed by atoms with Gasteiger partial charge in [-0.15, -0.1) is 0 Å². The van der Waals surface area contributed by atoms with Crippen molar-refractivity contribution in [1.82, 2.24) is 18.7 Å². The normalized spacial score (nSPS) is 13.3. The molecule has 0 unspecified atom stereocenters. The summed E-state index contributed by atoms with van der Waals surface area (Å²) >= 11 is 6.28. The molecule has 0 saturated carbocycles. The Morgan fingerprint density at radius 2 is 2.03 bits per heavy atom. The highest BCUT2D eigenvalue weighted by Gasteiger charge is 2.29. The molecule has 1 aliphatic rings. The van der Waals surface area contributed by atoms with Crippen LogP contribution in [0.15, 0.2) is 27.8 Å². The molecular weight excluding hydrogens is 398 g/mol. The molecule has 0 aliphatic carbocycles. The molecule has 10 heteroatoms. The van der Waals surface area contributed by atoms with Gasteiger partial charge in [0.1, 0.15) is 5.75 Å². The van der Waals surface area contributed by atoms with Crippen LogP contribution in [0.25, 0.3) is 11.2 Å². The average Bonchev–Trinajstić information content (AvgIpc) is 3.28. The van der Waals surface area contributed by atoms with Crippen LogP contribution in [-0.2, 0) is 24.9 Å². The van der Waals surface area contributed by atoms with Crippen molar-refractivity contribution in [2.75, 3.05) is 31.8 Å². The maximum Gasteiger partial charge on any atom is 0.332 e. The summed E-state index contributed by atoms with van der Waals surface area (Å²) in [6, 6.07) is 5.48. The van der Waals surface area contributed by atoms with E-state index in [1.54, 1.807) is 26.3 Å². The zero-order chi connectivity index (χ0) is 20.7. The number of benzene rings is 1. The molecule has 0 atom stereocenters. The molecule has 1 aromatic carbocycles. The number of hydrogen-bond acceptors (Lipinski definition) is 6. The van der Waals surface area contributed by atoms with Gasteiger partial charge in [-0.2, -0.15) is 4.98 Å². The van der Waals surface area contributed by atoms with Gasteiger partial charge in [-0.25, -0.2) is 4.79 Å². The Balaban J connectivity index is 1.83. The lowest BCUT2D eigenvalue weighted by Crippen LogP contribution is -2.40. The number of imidazole rings is 1. The molecule has 9 nitrogen and oxygen atoms in total. The first-order chi connectivity index (χ1) is 14.0. The molecule has 154 valence electrons. The van der Waals surface area contributed by atoms with Gasteiger partial charge in [-0.05, 0) is 25.1 Å². The molecule has 0 amide bonds. The minimum atomic E-state index is -0.405. The van der Waals surface area contributed by atoms with Crippen LogP contribution in [0, 0.1) is 0 Å². The summed E-state index contributed by atoms with van der Waals surface area (Å²) in [5, 5.41) is 0.491. The molecule has 4 rings (SSSR count). The van der Waals surface area contributed by atoms with Crippen LogP contribution in [0.3, 0.4) is 0 Å². The fourth-order valence-corrected chi connectivity index (χ4v) is 3.89. The number of rotatable bonds is 6. The van der Waals surface area contributed by atoms with Crippen molar-refractivity contribution in [3.8, 4) is 5.75 Å². The summed E-state index contributed by atoms with van der Waals surface area (Å²) in [5.41, 5.74) is 0.869. The molecule has 0 bridgehead atoms. The van der Waals surface area contributed by atoms with Crippen molar-refractivity contribution in [2.45, 2.75) is 20.0 Å². The zero-order valence-electron chi connectivity index (χ0n) is 16.5.